The van der Waals surface area contributed by atoms with E-state index in [4.69, 9.17) is 23.2 Å². The molecule has 1 unspecified atom stereocenters. The Balaban J connectivity index is 2.84. The van der Waals surface area contributed by atoms with E-state index in [9.17, 15) is 5.11 Å². The lowest BCUT2D eigenvalue weighted by molar-refractivity contribution is 0.467. The first kappa shape index (κ1) is 12.7. The summed E-state index contributed by atoms with van der Waals surface area (Å²) in [4.78, 5) is 0. The highest BCUT2D eigenvalue weighted by atomic mass is 35.5. The Morgan fingerprint density at radius 2 is 2.07 bits per heavy atom. The van der Waals surface area contributed by atoms with Gasteiger partial charge >= 0.3 is 0 Å². The molecule has 15 heavy (non-hydrogen) atoms. The number of phenols is 1. The van der Waals surface area contributed by atoms with Gasteiger partial charge in [0.25, 0.3) is 0 Å². The van der Waals surface area contributed by atoms with E-state index in [0.717, 1.165) is 24.0 Å². The van der Waals surface area contributed by atoms with E-state index >= 15 is 0 Å². The monoisotopic (exact) mass is 246 g/mol. The van der Waals surface area contributed by atoms with Crippen LogP contribution in [0.25, 0.3) is 0 Å². The van der Waals surface area contributed by atoms with Crippen molar-refractivity contribution >= 4 is 23.2 Å². The molecule has 1 aromatic carbocycles. The lowest BCUT2D eigenvalue weighted by Crippen LogP contribution is -2.03. The normalized spacial score (nSPS) is 12.8. The van der Waals surface area contributed by atoms with E-state index in [0.29, 0.717) is 11.4 Å². The molecule has 0 bridgehead atoms. The molecule has 0 fully saturated rings. The lowest BCUT2D eigenvalue weighted by atomic mass is 10.0. The van der Waals surface area contributed by atoms with Gasteiger partial charge in [-0.05, 0) is 37.0 Å². The Hall–Kier alpha value is -0.400. The first-order valence-corrected chi connectivity index (χ1v) is 5.98. The molecule has 0 aliphatic rings. The van der Waals surface area contributed by atoms with Crippen LogP contribution in [0, 0.1) is 6.92 Å². The predicted octanol–water partition coefficient (Wildman–Crippen LogP) is 4.30. The highest BCUT2D eigenvalue weighted by molar-refractivity contribution is 6.32. The molecule has 0 heterocycles. The minimum atomic E-state index is 0.0683. The highest BCUT2D eigenvalue weighted by Crippen LogP contribution is 2.30. The van der Waals surface area contributed by atoms with Gasteiger partial charge in [0.15, 0.2) is 0 Å². The first-order chi connectivity index (χ1) is 7.04. The molecule has 0 aliphatic carbocycles. The Morgan fingerprint density at radius 3 is 2.67 bits per heavy atom. The topological polar surface area (TPSA) is 20.2 Å². The van der Waals surface area contributed by atoms with E-state index in [2.05, 4.69) is 6.92 Å². The van der Waals surface area contributed by atoms with Gasteiger partial charge in [0.05, 0.1) is 5.02 Å². The second-order valence-corrected chi connectivity index (χ2v) is 4.87. The molecule has 0 spiro atoms. The summed E-state index contributed by atoms with van der Waals surface area (Å²) in [6.07, 6.45) is 2.67. The Morgan fingerprint density at radius 1 is 1.40 bits per heavy atom. The molecular formula is C12H16Cl2O. The maximum absolute atomic E-state index is 9.75. The number of aromatic hydroxyl groups is 1. The largest absolute Gasteiger partial charge is 0.506 e. The van der Waals surface area contributed by atoms with Crippen LogP contribution in [-0.2, 0) is 6.42 Å². The molecule has 0 amide bonds. The second kappa shape index (κ2) is 5.62. The van der Waals surface area contributed by atoms with Crippen LogP contribution >= 0.6 is 23.2 Å². The summed E-state index contributed by atoms with van der Waals surface area (Å²) in [6.45, 7) is 4.05. The molecule has 0 saturated heterocycles. The van der Waals surface area contributed by atoms with Crippen LogP contribution < -0.4 is 0 Å². The van der Waals surface area contributed by atoms with Crippen LogP contribution in [0.1, 0.15) is 30.9 Å². The summed E-state index contributed by atoms with van der Waals surface area (Å²) in [5.74, 6) is 0.170. The third-order valence-electron chi connectivity index (χ3n) is 2.33. The number of rotatable bonds is 4. The maximum atomic E-state index is 9.75. The van der Waals surface area contributed by atoms with Crippen molar-refractivity contribution in [1.82, 2.24) is 0 Å². The second-order valence-electron chi connectivity index (χ2n) is 3.84. The quantitative estimate of drug-likeness (QED) is 0.786. The van der Waals surface area contributed by atoms with Gasteiger partial charge in [-0.1, -0.05) is 31.0 Å². The Labute approximate surface area is 101 Å². The van der Waals surface area contributed by atoms with Crippen molar-refractivity contribution in [3.05, 3.63) is 28.3 Å². The fourth-order valence-electron chi connectivity index (χ4n) is 1.62. The number of hydrogen-bond acceptors (Lipinski definition) is 1. The van der Waals surface area contributed by atoms with Crippen molar-refractivity contribution in [2.45, 2.75) is 38.5 Å². The fourth-order valence-corrected chi connectivity index (χ4v) is 2.29. The van der Waals surface area contributed by atoms with Crippen LogP contribution in [0.5, 0.6) is 5.75 Å². The molecule has 0 aromatic heterocycles. The average Bonchev–Trinajstić information content (AvgIpc) is 2.13. The number of aryl methyl sites for hydroxylation is 1. The van der Waals surface area contributed by atoms with Crippen molar-refractivity contribution < 1.29 is 5.11 Å². The Bertz CT molecular complexity index is 337. The lowest BCUT2D eigenvalue weighted by Gasteiger charge is -2.11. The summed E-state index contributed by atoms with van der Waals surface area (Å²) in [6, 6.07) is 3.69. The number of phenolic OH excluding ortho intramolecular Hbond substituents is 1. The van der Waals surface area contributed by atoms with E-state index in [1.54, 1.807) is 6.07 Å². The summed E-state index contributed by atoms with van der Waals surface area (Å²) in [5.41, 5.74) is 1.89. The van der Waals surface area contributed by atoms with Gasteiger partial charge < -0.3 is 5.11 Å². The van der Waals surface area contributed by atoms with E-state index in [1.807, 2.05) is 13.0 Å². The molecule has 0 saturated carbocycles. The SMILES string of the molecule is CCCC(Cl)Cc1cc(C)cc(Cl)c1O. The van der Waals surface area contributed by atoms with Gasteiger partial charge in [-0.15, -0.1) is 11.6 Å². The average molecular weight is 247 g/mol. The molecule has 1 atom stereocenters. The smallest absolute Gasteiger partial charge is 0.137 e. The zero-order valence-corrected chi connectivity index (χ0v) is 10.6. The number of halogens is 2. The van der Waals surface area contributed by atoms with Crippen molar-refractivity contribution in [1.29, 1.82) is 0 Å². The molecule has 0 radical (unpaired) electrons. The first-order valence-electron chi connectivity index (χ1n) is 5.16. The van der Waals surface area contributed by atoms with Gasteiger partial charge in [-0.3, -0.25) is 0 Å². The minimum Gasteiger partial charge on any atom is -0.506 e. The van der Waals surface area contributed by atoms with Gasteiger partial charge in [0.2, 0.25) is 0 Å². The molecule has 1 N–H and O–H groups in total. The van der Waals surface area contributed by atoms with Crippen molar-refractivity contribution in [3.8, 4) is 5.75 Å². The summed E-state index contributed by atoms with van der Waals surface area (Å²) >= 11 is 12.0. The highest BCUT2D eigenvalue weighted by Gasteiger charge is 2.11. The number of alkyl halides is 1. The van der Waals surface area contributed by atoms with Crippen LogP contribution in [0.3, 0.4) is 0 Å². The molecule has 1 nitrogen and oxygen atoms in total. The van der Waals surface area contributed by atoms with Gasteiger partial charge in [-0.2, -0.15) is 0 Å². The van der Waals surface area contributed by atoms with Gasteiger partial charge in [0, 0.05) is 5.38 Å². The zero-order valence-electron chi connectivity index (χ0n) is 9.06. The maximum Gasteiger partial charge on any atom is 0.137 e. The van der Waals surface area contributed by atoms with Crippen molar-refractivity contribution in [2.24, 2.45) is 0 Å². The molecular weight excluding hydrogens is 231 g/mol. The fraction of sp³-hybridized carbons (Fsp3) is 0.500. The zero-order chi connectivity index (χ0) is 11.4. The molecule has 1 aromatic rings. The summed E-state index contributed by atoms with van der Waals surface area (Å²) in [5, 5.41) is 10.2. The molecule has 0 aliphatic heterocycles. The number of hydrogen-bond donors (Lipinski definition) is 1. The molecule has 1 rings (SSSR count). The summed E-state index contributed by atoms with van der Waals surface area (Å²) in [7, 11) is 0. The summed E-state index contributed by atoms with van der Waals surface area (Å²) < 4.78 is 0. The van der Waals surface area contributed by atoms with E-state index in [1.165, 1.54) is 0 Å². The minimum absolute atomic E-state index is 0.0683. The van der Waals surface area contributed by atoms with Crippen molar-refractivity contribution in [2.75, 3.05) is 0 Å². The van der Waals surface area contributed by atoms with E-state index < -0.39 is 0 Å². The van der Waals surface area contributed by atoms with Crippen LogP contribution in [0.2, 0.25) is 5.02 Å². The third kappa shape index (κ3) is 3.58. The number of benzene rings is 1. The van der Waals surface area contributed by atoms with Crippen molar-refractivity contribution in [3.63, 3.8) is 0 Å². The van der Waals surface area contributed by atoms with Crippen LogP contribution in [0.15, 0.2) is 12.1 Å². The van der Waals surface area contributed by atoms with E-state index in [-0.39, 0.29) is 11.1 Å². The van der Waals surface area contributed by atoms with Gasteiger partial charge in [-0.25, -0.2) is 0 Å². The Kier molecular flexibility index (Phi) is 4.75. The standard InChI is InChI=1S/C12H16Cl2O/c1-3-4-10(13)7-9-5-8(2)6-11(14)12(9)15/h5-6,10,15H,3-4,7H2,1-2H3. The molecule has 84 valence electrons. The van der Waals surface area contributed by atoms with Crippen LogP contribution in [-0.4, -0.2) is 10.5 Å². The van der Waals surface area contributed by atoms with Gasteiger partial charge in [0.1, 0.15) is 5.75 Å². The van der Waals surface area contributed by atoms with Crippen LogP contribution in [0.4, 0.5) is 0 Å². The molecule has 3 heteroatoms. The third-order valence-corrected chi connectivity index (χ3v) is 2.99. The predicted molar refractivity (Wildman–Crippen MR) is 66.1 cm³/mol.